The van der Waals surface area contributed by atoms with Gasteiger partial charge < -0.3 is 15.4 Å². The van der Waals surface area contributed by atoms with Crippen LogP contribution in [0.1, 0.15) is 26.2 Å². The molecule has 2 bridgehead atoms. The fourth-order valence-electron chi connectivity index (χ4n) is 3.18. The third-order valence-corrected chi connectivity index (χ3v) is 4.03. The summed E-state index contributed by atoms with van der Waals surface area (Å²) in [6.07, 6.45) is 3.62. The molecular formula is C14H19N3O3. The molecule has 3 unspecified atom stereocenters. The average Bonchev–Trinajstić information content (AvgIpc) is 3.01. The standard InChI is InChI=1S/C14H19N3O3/c1-2-15-10-4-3-5-11(14(10)17(18)19)16-12-8-9-6-7-13(12)20-9/h3-5,9,12-13,15-16H,2,6-8H2,1H3. The lowest BCUT2D eigenvalue weighted by Crippen LogP contribution is -2.30. The van der Waals surface area contributed by atoms with Crippen LogP contribution in [0.4, 0.5) is 17.1 Å². The van der Waals surface area contributed by atoms with Gasteiger partial charge in [-0.1, -0.05) is 6.07 Å². The Morgan fingerprint density at radius 1 is 1.40 bits per heavy atom. The van der Waals surface area contributed by atoms with E-state index in [-0.39, 0.29) is 22.8 Å². The van der Waals surface area contributed by atoms with E-state index in [2.05, 4.69) is 10.6 Å². The van der Waals surface area contributed by atoms with Gasteiger partial charge in [-0.25, -0.2) is 0 Å². The van der Waals surface area contributed by atoms with Gasteiger partial charge in [-0.05, 0) is 38.3 Å². The normalized spacial score (nSPS) is 27.6. The summed E-state index contributed by atoms with van der Waals surface area (Å²) in [5.74, 6) is 0. The minimum absolute atomic E-state index is 0.122. The highest BCUT2D eigenvalue weighted by Gasteiger charge is 2.41. The Labute approximate surface area is 117 Å². The van der Waals surface area contributed by atoms with Gasteiger partial charge in [0.05, 0.1) is 23.2 Å². The Kier molecular flexibility index (Phi) is 3.48. The van der Waals surface area contributed by atoms with Gasteiger partial charge in [0.15, 0.2) is 0 Å². The number of rotatable bonds is 5. The molecule has 0 spiro atoms. The Morgan fingerprint density at radius 3 is 2.80 bits per heavy atom. The van der Waals surface area contributed by atoms with Gasteiger partial charge in [0, 0.05) is 6.54 Å². The summed E-state index contributed by atoms with van der Waals surface area (Å²) in [5, 5.41) is 17.7. The monoisotopic (exact) mass is 277 g/mol. The Balaban J connectivity index is 1.85. The zero-order valence-corrected chi connectivity index (χ0v) is 11.5. The zero-order chi connectivity index (χ0) is 14.1. The van der Waals surface area contributed by atoms with Crippen LogP contribution in [0.5, 0.6) is 0 Å². The van der Waals surface area contributed by atoms with Crippen molar-refractivity contribution in [3.63, 3.8) is 0 Å². The number of benzene rings is 1. The zero-order valence-electron chi connectivity index (χ0n) is 11.5. The molecule has 6 nitrogen and oxygen atoms in total. The summed E-state index contributed by atoms with van der Waals surface area (Å²) in [6, 6.07) is 5.53. The van der Waals surface area contributed by atoms with Gasteiger partial charge in [0.2, 0.25) is 0 Å². The number of ether oxygens (including phenoxy) is 1. The predicted molar refractivity (Wildman–Crippen MR) is 77.2 cm³/mol. The van der Waals surface area contributed by atoms with Crippen LogP contribution in [-0.4, -0.2) is 29.7 Å². The van der Waals surface area contributed by atoms with E-state index in [1.807, 2.05) is 13.0 Å². The molecule has 0 aliphatic carbocycles. The van der Waals surface area contributed by atoms with Crippen LogP contribution in [-0.2, 0) is 4.74 Å². The van der Waals surface area contributed by atoms with Crippen LogP contribution >= 0.6 is 0 Å². The summed E-state index contributed by atoms with van der Waals surface area (Å²) in [4.78, 5) is 11.0. The van der Waals surface area contributed by atoms with Crippen molar-refractivity contribution in [2.45, 2.75) is 44.4 Å². The number of hydrogen-bond donors (Lipinski definition) is 2. The predicted octanol–water partition coefficient (Wildman–Crippen LogP) is 2.76. The van der Waals surface area contributed by atoms with Crippen LogP contribution in [0.3, 0.4) is 0 Å². The van der Waals surface area contributed by atoms with Crippen molar-refractivity contribution in [3.05, 3.63) is 28.3 Å². The van der Waals surface area contributed by atoms with Crippen molar-refractivity contribution in [1.82, 2.24) is 0 Å². The highest BCUT2D eigenvalue weighted by molar-refractivity contribution is 5.76. The van der Waals surface area contributed by atoms with Crippen LogP contribution in [0, 0.1) is 10.1 Å². The molecule has 2 aliphatic heterocycles. The maximum absolute atomic E-state index is 11.3. The van der Waals surface area contributed by atoms with Crippen molar-refractivity contribution in [3.8, 4) is 0 Å². The number of nitro groups is 1. The summed E-state index contributed by atoms with van der Waals surface area (Å²) in [5.41, 5.74) is 1.26. The first-order chi connectivity index (χ1) is 9.69. The van der Waals surface area contributed by atoms with E-state index in [9.17, 15) is 10.1 Å². The highest BCUT2D eigenvalue weighted by Crippen LogP contribution is 2.39. The molecule has 2 heterocycles. The molecule has 1 aromatic carbocycles. The quantitative estimate of drug-likeness (QED) is 0.639. The molecule has 20 heavy (non-hydrogen) atoms. The molecule has 2 aliphatic rings. The summed E-state index contributed by atoms with van der Waals surface area (Å²) >= 11 is 0. The van der Waals surface area contributed by atoms with E-state index in [4.69, 9.17) is 4.74 Å². The third-order valence-electron chi connectivity index (χ3n) is 4.03. The fraction of sp³-hybridized carbons (Fsp3) is 0.571. The largest absolute Gasteiger partial charge is 0.380 e. The van der Waals surface area contributed by atoms with E-state index in [1.165, 1.54) is 0 Å². The highest BCUT2D eigenvalue weighted by atomic mass is 16.6. The molecule has 2 saturated heterocycles. The van der Waals surface area contributed by atoms with E-state index in [1.54, 1.807) is 12.1 Å². The molecular weight excluding hydrogens is 258 g/mol. The minimum Gasteiger partial charge on any atom is -0.380 e. The van der Waals surface area contributed by atoms with Crippen LogP contribution in [0.15, 0.2) is 18.2 Å². The van der Waals surface area contributed by atoms with E-state index in [0.29, 0.717) is 24.0 Å². The Hall–Kier alpha value is -1.82. The number of nitro benzene ring substituents is 1. The molecule has 0 radical (unpaired) electrons. The summed E-state index contributed by atoms with van der Waals surface area (Å²) in [7, 11) is 0. The number of anilines is 2. The van der Waals surface area contributed by atoms with Gasteiger partial charge in [-0.2, -0.15) is 0 Å². The van der Waals surface area contributed by atoms with Gasteiger partial charge in [-0.3, -0.25) is 10.1 Å². The molecule has 6 heteroatoms. The number of para-hydroxylation sites is 1. The van der Waals surface area contributed by atoms with Crippen molar-refractivity contribution >= 4 is 17.1 Å². The number of nitrogens with zero attached hydrogens (tertiary/aromatic N) is 1. The van der Waals surface area contributed by atoms with Crippen molar-refractivity contribution in [2.75, 3.05) is 17.2 Å². The number of nitrogens with one attached hydrogen (secondary N) is 2. The molecule has 1 aromatic rings. The Morgan fingerprint density at radius 2 is 2.20 bits per heavy atom. The third kappa shape index (κ3) is 2.31. The molecule has 2 N–H and O–H groups in total. The lowest BCUT2D eigenvalue weighted by Gasteiger charge is -2.21. The minimum atomic E-state index is -0.325. The SMILES string of the molecule is CCNc1cccc(NC2CC3CCC2O3)c1[N+](=O)[O-]. The maximum Gasteiger partial charge on any atom is 0.315 e. The van der Waals surface area contributed by atoms with Gasteiger partial charge in [0.25, 0.3) is 0 Å². The smallest absolute Gasteiger partial charge is 0.315 e. The molecule has 0 saturated carbocycles. The first-order valence-electron chi connectivity index (χ1n) is 7.12. The van der Waals surface area contributed by atoms with Gasteiger partial charge in [-0.15, -0.1) is 0 Å². The van der Waals surface area contributed by atoms with Crippen molar-refractivity contribution in [1.29, 1.82) is 0 Å². The van der Waals surface area contributed by atoms with Crippen molar-refractivity contribution in [2.24, 2.45) is 0 Å². The second kappa shape index (κ2) is 5.28. The molecule has 3 rings (SSSR count). The lowest BCUT2D eigenvalue weighted by molar-refractivity contribution is -0.383. The van der Waals surface area contributed by atoms with E-state index >= 15 is 0 Å². The molecule has 3 atom stereocenters. The van der Waals surface area contributed by atoms with E-state index in [0.717, 1.165) is 19.3 Å². The number of hydrogen-bond acceptors (Lipinski definition) is 5. The fourth-order valence-corrected chi connectivity index (χ4v) is 3.18. The summed E-state index contributed by atoms with van der Waals surface area (Å²) in [6.45, 7) is 2.58. The Bertz CT molecular complexity index is 520. The number of fused-ring (bicyclic) bond motifs is 2. The summed E-state index contributed by atoms with van der Waals surface area (Å²) < 4.78 is 5.79. The second-order valence-corrected chi connectivity index (χ2v) is 5.35. The maximum atomic E-state index is 11.3. The second-order valence-electron chi connectivity index (χ2n) is 5.35. The van der Waals surface area contributed by atoms with Crippen LogP contribution < -0.4 is 10.6 Å². The molecule has 0 amide bonds. The van der Waals surface area contributed by atoms with Crippen molar-refractivity contribution < 1.29 is 9.66 Å². The average molecular weight is 277 g/mol. The van der Waals surface area contributed by atoms with E-state index < -0.39 is 0 Å². The lowest BCUT2D eigenvalue weighted by atomic mass is 9.95. The molecule has 108 valence electrons. The van der Waals surface area contributed by atoms with Crippen LogP contribution in [0.25, 0.3) is 0 Å². The van der Waals surface area contributed by atoms with Gasteiger partial charge in [0.1, 0.15) is 11.4 Å². The first kappa shape index (κ1) is 13.2. The van der Waals surface area contributed by atoms with Crippen LogP contribution in [0.2, 0.25) is 0 Å². The molecule has 0 aromatic heterocycles. The topological polar surface area (TPSA) is 76.4 Å². The molecule has 2 fully saturated rings. The van der Waals surface area contributed by atoms with Gasteiger partial charge >= 0.3 is 5.69 Å². The first-order valence-corrected chi connectivity index (χ1v) is 7.12.